The van der Waals surface area contributed by atoms with Gasteiger partial charge in [-0.2, -0.15) is 0 Å². The van der Waals surface area contributed by atoms with E-state index in [4.69, 9.17) is 18.8 Å². The molecule has 0 spiro atoms. The van der Waals surface area contributed by atoms with Crippen LogP contribution in [0.4, 0.5) is 0 Å². The van der Waals surface area contributed by atoms with Crippen LogP contribution in [-0.2, 0) is 9.05 Å². The van der Waals surface area contributed by atoms with Gasteiger partial charge in [0.1, 0.15) is 0 Å². The normalized spacial score (nSPS) is 44.9. The van der Waals surface area contributed by atoms with Crippen LogP contribution in [0.15, 0.2) is 0 Å². The summed E-state index contributed by atoms with van der Waals surface area (Å²) in [4.78, 5) is 18.2. The summed E-state index contributed by atoms with van der Waals surface area (Å²) in [5.41, 5.74) is 0. The number of hydrogen-bond acceptors (Lipinski definition) is 4. The Morgan fingerprint density at radius 3 is 1.91 bits per heavy atom. The first-order valence-corrected chi connectivity index (χ1v) is 5.69. The molecule has 1 heterocycles. The van der Waals surface area contributed by atoms with E-state index in [9.17, 15) is 0 Å². The van der Waals surface area contributed by atoms with Gasteiger partial charge in [-0.25, -0.2) is 0 Å². The first kappa shape index (κ1) is 7.90. The van der Waals surface area contributed by atoms with E-state index in [2.05, 4.69) is 0 Å². The van der Waals surface area contributed by atoms with Crippen LogP contribution >= 0.6 is 8.17 Å². The van der Waals surface area contributed by atoms with E-state index in [1.54, 1.807) is 0 Å². The quantitative estimate of drug-likeness (QED) is 0.540. The van der Waals surface area contributed by atoms with Gasteiger partial charge in [0, 0.05) is 0 Å². The maximum atomic E-state index is 9.08. The van der Waals surface area contributed by atoms with Crippen molar-refractivity contribution < 1.29 is 18.8 Å². The second-order valence-corrected chi connectivity index (χ2v) is 4.71. The van der Waals surface area contributed by atoms with E-state index in [1.165, 1.54) is 0 Å². The third kappa shape index (κ3) is 1.55. The van der Waals surface area contributed by atoms with Crippen LogP contribution in [0, 0.1) is 0 Å². The third-order valence-electron chi connectivity index (χ3n) is 2.25. The van der Waals surface area contributed by atoms with Crippen molar-refractivity contribution in [2.24, 2.45) is 0 Å². The van der Waals surface area contributed by atoms with Crippen molar-refractivity contribution in [3.8, 4) is 0 Å². The van der Waals surface area contributed by atoms with Gasteiger partial charge in [-0.1, -0.05) is 0 Å². The van der Waals surface area contributed by atoms with Crippen molar-refractivity contribution in [1.29, 1.82) is 0 Å². The Labute approximate surface area is 65.8 Å². The Balaban J connectivity index is 2.03. The zero-order valence-corrected chi connectivity index (χ0v) is 7.19. The Kier molecular flexibility index (Phi) is 1.90. The Morgan fingerprint density at radius 2 is 1.45 bits per heavy atom. The van der Waals surface area contributed by atoms with Gasteiger partial charge >= 0.3 is 64.9 Å². The van der Waals surface area contributed by atoms with Crippen molar-refractivity contribution in [2.75, 3.05) is 0 Å². The zero-order valence-electron chi connectivity index (χ0n) is 6.19. The van der Waals surface area contributed by atoms with Gasteiger partial charge in [-0.05, 0) is 0 Å². The molecule has 1 aliphatic carbocycles. The maximum absolute atomic E-state index is 9.08. The number of rotatable bonds is 0. The fraction of sp³-hybridized carbons (Fsp3) is 1.00. The molecule has 2 aliphatic rings. The summed E-state index contributed by atoms with van der Waals surface area (Å²) in [7, 11) is -3.67. The van der Waals surface area contributed by atoms with Crippen molar-refractivity contribution in [3.63, 3.8) is 0 Å². The molecule has 0 aromatic heterocycles. The van der Waals surface area contributed by atoms with Gasteiger partial charge in [-0.3, -0.25) is 0 Å². The predicted molar refractivity (Wildman–Crippen MR) is 41.0 cm³/mol. The molecule has 1 saturated heterocycles. The first-order chi connectivity index (χ1) is 5.17. The molecule has 0 aromatic rings. The van der Waals surface area contributed by atoms with Crippen LogP contribution in [0.1, 0.15) is 25.7 Å². The van der Waals surface area contributed by atoms with Gasteiger partial charge in [0.2, 0.25) is 0 Å². The summed E-state index contributed by atoms with van der Waals surface area (Å²) in [6.45, 7) is 0. The van der Waals surface area contributed by atoms with Crippen LogP contribution in [-0.4, -0.2) is 22.0 Å². The fourth-order valence-corrected chi connectivity index (χ4v) is 3.14. The van der Waals surface area contributed by atoms with E-state index in [-0.39, 0.29) is 12.2 Å². The SMILES string of the molecule is O[PH]1(O)OC2CCCCC2O1. The second kappa shape index (κ2) is 2.64. The molecule has 0 aromatic carbocycles. The van der Waals surface area contributed by atoms with Crippen LogP contribution in [0.3, 0.4) is 0 Å². The van der Waals surface area contributed by atoms with Crippen LogP contribution in [0.5, 0.6) is 0 Å². The molecule has 66 valence electrons. The summed E-state index contributed by atoms with van der Waals surface area (Å²) in [5.74, 6) is 0. The molecular formula is C6H13O4P. The molecule has 2 unspecified atom stereocenters. The Bertz CT molecular complexity index is 145. The number of fused-ring (bicyclic) bond motifs is 1. The molecule has 1 saturated carbocycles. The van der Waals surface area contributed by atoms with Gasteiger partial charge in [0.25, 0.3) is 0 Å². The minimum atomic E-state index is -3.67. The zero-order chi connectivity index (χ0) is 7.90. The molecule has 11 heavy (non-hydrogen) atoms. The molecule has 2 fully saturated rings. The second-order valence-electron chi connectivity index (χ2n) is 3.15. The van der Waals surface area contributed by atoms with E-state index in [1.807, 2.05) is 0 Å². The van der Waals surface area contributed by atoms with Crippen LogP contribution in [0.25, 0.3) is 0 Å². The first-order valence-electron chi connectivity index (χ1n) is 3.98. The van der Waals surface area contributed by atoms with Crippen LogP contribution < -0.4 is 0 Å². The molecule has 2 atom stereocenters. The summed E-state index contributed by atoms with van der Waals surface area (Å²) in [6.07, 6.45) is 3.92. The van der Waals surface area contributed by atoms with E-state index in [0.29, 0.717) is 0 Å². The molecule has 0 amide bonds. The molecule has 2 rings (SSSR count). The summed E-state index contributed by atoms with van der Waals surface area (Å²) >= 11 is 0. The molecule has 1 aliphatic heterocycles. The van der Waals surface area contributed by atoms with Gasteiger partial charge in [0.05, 0.1) is 0 Å². The summed E-state index contributed by atoms with van der Waals surface area (Å²) < 4.78 is 9.96. The predicted octanol–water partition coefficient (Wildman–Crippen LogP) is 0.739. The minimum absolute atomic E-state index is 0.0505. The molecular weight excluding hydrogens is 167 g/mol. The van der Waals surface area contributed by atoms with E-state index in [0.717, 1.165) is 25.7 Å². The number of hydrogen-bond donors (Lipinski definition) is 2. The van der Waals surface area contributed by atoms with Crippen molar-refractivity contribution in [1.82, 2.24) is 0 Å². The fourth-order valence-electron chi connectivity index (χ4n) is 1.75. The standard InChI is InChI=1S/C6H13O4P/c7-11(8)9-5-3-1-2-4-6(5)10-11/h5-8,11H,1-4H2. The Morgan fingerprint density at radius 1 is 1.00 bits per heavy atom. The van der Waals surface area contributed by atoms with E-state index < -0.39 is 8.17 Å². The third-order valence-corrected chi connectivity index (χ3v) is 3.47. The van der Waals surface area contributed by atoms with Crippen molar-refractivity contribution >= 4 is 8.17 Å². The van der Waals surface area contributed by atoms with Crippen molar-refractivity contribution in [2.45, 2.75) is 37.9 Å². The van der Waals surface area contributed by atoms with Crippen LogP contribution in [0.2, 0.25) is 0 Å². The van der Waals surface area contributed by atoms with Gasteiger partial charge in [0.15, 0.2) is 0 Å². The Hall–Kier alpha value is 0.270. The molecule has 4 nitrogen and oxygen atoms in total. The van der Waals surface area contributed by atoms with Crippen molar-refractivity contribution in [3.05, 3.63) is 0 Å². The van der Waals surface area contributed by atoms with E-state index >= 15 is 0 Å². The van der Waals surface area contributed by atoms with Gasteiger partial charge in [-0.15, -0.1) is 0 Å². The average molecular weight is 180 g/mol. The molecule has 0 bridgehead atoms. The summed E-state index contributed by atoms with van der Waals surface area (Å²) in [5, 5.41) is 0. The molecule has 0 radical (unpaired) electrons. The van der Waals surface area contributed by atoms with Gasteiger partial charge < -0.3 is 0 Å². The molecule has 2 N–H and O–H groups in total. The topological polar surface area (TPSA) is 58.9 Å². The molecule has 5 heteroatoms. The average Bonchev–Trinajstić information content (AvgIpc) is 2.21. The monoisotopic (exact) mass is 180 g/mol. The summed E-state index contributed by atoms with van der Waals surface area (Å²) in [6, 6.07) is 0.